The molecule has 0 aliphatic heterocycles. The minimum atomic E-state index is -0.730. The van der Waals surface area contributed by atoms with Crippen LogP contribution in [0, 0.1) is 0 Å². The van der Waals surface area contributed by atoms with Crippen LogP contribution in [-0.4, -0.2) is 11.1 Å². The number of carbonyl (C=O) groups is 1. The van der Waals surface area contributed by atoms with Gasteiger partial charge in [-0.3, -0.25) is 4.79 Å². The maximum atomic E-state index is 10.6. The lowest BCUT2D eigenvalue weighted by atomic mass is 9.88. The van der Waals surface area contributed by atoms with E-state index in [0.717, 1.165) is 4.88 Å². The van der Waals surface area contributed by atoms with E-state index in [-0.39, 0.29) is 6.42 Å². The van der Waals surface area contributed by atoms with Crippen molar-refractivity contribution in [3.8, 4) is 0 Å². The summed E-state index contributed by atoms with van der Waals surface area (Å²) >= 11 is 1.69. The van der Waals surface area contributed by atoms with Crippen LogP contribution in [0.2, 0.25) is 0 Å². The predicted molar refractivity (Wildman–Crippen MR) is 61.5 cm³/mol. The third kappa shape index (κ3) is 2.81. The molecule has 1 aliphatic rings. The minimum Gasteiger partial charge on any atom is -0.481 e. The monoisotopic (exact) mass is 224 g/mol. The van der Waals surface area contributed by atoms with E-state index in [1.165, 1.54) is 37.0 Å². The summed E-state index contributed by atoms with van der Waals surface area (Å²) in [4.78, 5) is 12.9. The summed E-state index contributed by atoms with van der Waals surface area (Å²) in [6, 6.07) is 4.10. The largest absolute Gasteiger partial charge is 0.481 e. The van der Waals surface area contributed by atoms with Gasteiger partial charge in [0.25, 0.3) is 0 Å². The molecule has 1 heterocycles. The standard InChI is InChI=1S/C12H16O2S/c13-12(14)8-10-6-7-11(15-10)9-4-2-1-3-5-9/h6-7,9H,1-5,8H2,(H,13,14). The average molecular weight is 224 g/mol. The van der Waals surface area contributed by atoms with E-state index >= 15 is 0 Å². The summed E-state index contributed by atoms with van der Waals surface area (Å²) in [5.41, 5.74) is 0. The molecule has 2 rings (SSSR count). The summed E-state index contributed by atoms with van der Waals surface area (Å²) in [5.74, 6) is -0.0293. The molecule has 0 unspecified atom stereocenters. The number of carboxylic acids is 1. The number of hydrogen-bond acceptors (Lipinski definition) is 2. The highest BCUT2D eigenvalue weighted by Crippen LogP contribution is 2.36. The van der Waals surface area contributed by atoms with Crippen LogP contribution in [0.25, 0.3) is 0 Å². The molecule has 1 aromatic rings. The molecule has 1 aliphatic carbocycles. The SMILES string of the molecule is O=C(O)Cc1ccc(C2CCCCC2)s1. The number of hydrogen-bond donors (Lipinski definition) is 1. The summed E-state index contributed by atoms with van der Waals surface area (Å²) in [6.45, 7) is 0. The van der Waals surface area contributed by atoms with Gasteiger partial charge >= 0.3 is 5.97 Å². The van der Waals surface area contributed by atoms with Gasteiger partial charge in [0.05, 0.1) is 6.42 Å². The van der Waals surface area contributed by atoms with Crippen LogP contribution in [0.15, 0.2) is 12.1 Å². The Morgan fingerprint density at radius 3 is 2.73 bits per heavy atom. The van der Waals surface area contributed by atoms with E-state index in [1.54, 1.807) is 11.3 Å². The van der Waals surface area contributed by atoms with Crippen molar-refractivity contribution in [2.75, 3.05) is 0 Å². The van der Waals surface area contributed by atoms with Crippen LogP contribution < -0.4 is 0 Å². The Bertz CT molecular complexity index is 337. The summed E-state index contributed by atoms with van der Waals surface area (Å²) in [5, 5.41) is 8.69. The van der Waals surface area contributed by atoms with Gasteiger partial charge in [-0.1, -0.05) is 19.3 Å². The van der Waals surface area contributed by atoms with Gasteiger partial charge in [0.15, 0.2) is 0 Å². The van der Waals surface area contributed by atoms with E-state index in [2.05, 4.69) is 6.07 Å². The van der Waals surface area contributed by atoms with E-state index < -0.39 is 5.97 Å². The van der Waals surface area contributed by atoms with Gasteiger partial charge in [0.2, 0.25) is 0 Å². The molecule has 0 spiro atoms. The Kier molecular flexibility index (Phi) is 3.41. The molecule has 1 saturated carbocycles. The van der Waals surface area contributed by atoms with Crippen LogP contribution in [0.3, 0.4) is 0 Å². The minimum absolute atomic E-state index is 0.178. The number of thiophene rings is 1. The fourth-order valence-corrected chi connectivity index (χ4v) is 3.42. The van der Waals surface area contributed by atoms with E-state index in [9.17, 15) is 4.79 Å². The van der Waals surface area contributed by atoms with Crippen molar-refractivity contribution in [3.05, 3.63) is 21.9 Å². The Balaban J connectivity index is 2.02. The molecule has 0 atom stereocenters. The highest BCUT2D eigenvalue weighted by molar-refractivity contribution is 7.12. The summed E-state index contributed by atoms with van der Waals surface area (Å²) in [7, 11) is 0. The van der Waals surface area contributed by atoms with Gasteiger partial charge in [-0.15, -0.1) is 11.3 Å². The van der Waals surface area contributed by atoms with Crippen molar-refractivity contribution < 1.29 is 9.90 Å². The second-order valence-electron chi connectivity index (χ2n) is 4.21. The molecule has 0 aromatic carbocycles. The maximum absolute atomic E-state index is 10.6. The van der Waals surface area contributed by atoms with Crippen molar-refractivity contribution in [3.63, 3.8) is 0 Å². The molecular formula is C12H16O2S. The van der Waals surface area contributed by atoms with E-state index in [0.29, 0.717) is 5.92 Å². The highest BCUT2D eigenvalue weighted by atomic mass is 32.1. The average Bonchev–Trinajstić information content (AvgIpc) is 2.67. The normalized spacial score (nSPS) is 17.9. The Labute approximate surface area is 93.9 Å². The fourth-order valence-electron chi connectivity index (χ4n) is 2.25. The molecule has 1 aromatic heterocycles. The van der Waals surface area contributed by atoms with Crippen molar-refractivity contribution >= 4 is 17.3 Å². The first-order valence-electron chi connectivity index (χ1n) is 5.56. The zero-order valence-corrected chi connectivity index (χ0v) is 9.55. The second kappa shape index (κ2) is 4.79. The molecule has 0 radical (unpaired) electrons. The summed E-state index contributed by atoms with van der Waals surface area (Å²) < 4.78 is 0. The zero-order valence-electron chi connectivity index (χ0n) is 8.74. The summed E-state index contributed by atoms with van der Waals surface area (Å²) in [6.07, 6.45) is 6.77. The Morgan fingerprint density at radius 1 is 1.33 bits per heavy atom. The Hall–Kier alpha value is -0.830. The van der Waals surface area contributed by atoms with Crippen molar-refractivity contribution in [1.29, 1.82) is 0 Å². The topological polar surface area (TPSA) is 37.3 Å². The fraction of sp³-hybridized carbons (Fsp3) is 0.583. The van der Waals surface area contributed by atoms with Crippen molar-refractivity contribution in [2.45, 2.75) is 44.4 Å². The van der Waals surface area contributed by atoms with Crippen LogP contribution >= 0.6 is 11.3 Å². The first-order valence-corrected chi connectivity index (χ1v) is 6.38. The van der Waals surface area contributed by atoms with Crippen LogP contribution in [0.5, 0.6) is 0 Å². The van der Waals surface area contributed by atoms with Crippen LogP contribution in [0.4, 0.5) is 0 Å². The molecule has 2 nitrogen and oxygen atoms in total. The first kappa shape index (κ1) is 10.7. The van der Waals surface area contributed by atoms with Crippen molar-refractivity contribution in [2.24, 2.45) is 0 Å². The quantitative estimate of drug-likeness (QED) is 0.854. The van der Waals surface area contributed by atoms with Gasteiger partial charge in [-0.25, -0.2) is 0 Å². The molecule has 15 heavy (non-hydrogen) atoms. The molecule has 0 bridgehead atoms. The zero-order chi connectivity index (χ0) is 10.7. The third-order valence-corrected chi connectivity index (χ3v) is 4.26. The molecule has 0 amide bonds. The van der Waals surface area contributed by atoms with Crippen LogP contribution in [-0.2, 0) is 11.2 Å². The van der Waals surface area contributed by atoms with E-state index in [1.807, 2.05) is 6.07 Å². The Morgan fingerprint density at radius 2 is 2.07 bits per heavy atom. The molecule has 1 N–H and O–H groups in total. The van der Waals surface area contributed by atoms with Gasteiger partial charge in [0.1, 0.15) is 0 Å². The lowest BCUT2D eigenvalue weighted by molar-refractivity contribution is -0.136. The molecule has 0 saturated heterocycles. The highest BCUT2D eigenvalue weighted by Gasteiger charge is 2.17. The first-order chi connectivity index (χ1) is 7.25. The lowest BCUT2D eigenvalue weighted by Crippen LogP contribution is -2.02. The molecular weight excluding hydrogens is 208 g/mol. The second-order valence-corrected chi connectivity index (χ2v) is 5.41. The van der Waals surface area contributed by atoms with Gasteiger partial charge in [-0.2, -0.15) is 0 Å². The molecule has 3 heteroatoms. The number of carboxylic acid groups (broad SMARTS) is 1. The van der Waals surface area contributed by atoms with Crippen LogP contribution in [0.1, 0.15) is 47.8 Å². The third-order valence-electron chi connectivity index (χ3n) is 3.02. The van der Waals surface area contributed by atoms with E-state index in [4.69, 9.17) is 5.11 Å². The lowest BCUT2D eigenvalue weighted by Gasteiger charge is -2.19. The van der Waals surface area contributed by atoms with Gasteiger partial charge in [0, 0.05) is 9.75 Å². The molecule has 1 fully saturated rings. The van der Waals surface area contributed by atoms with Gasteiger partial charge in [-0.05, 0) is 30.9 Å². The number of rotatable bonds is 3. The van der Waals surface area contributed by atoms with Gasteiger partial charge < -0.3 is 5.11 Å². The number of aliphatic carboxylic acids is 1. The predicted octanol–water partition coefficient (Wildman–Crippen LogP) is 3.42. The molecule has 82 valence electrons. The maximum Gasteiger partial charge on any atom is 0.308 e. The van der Waals surface area contributed by atoms with Crippen molar-refractivity contribution in [1.82, 2.24) is 0 Å². The smallest absolute Gasteiger partial charge is 0.308 e.